The van der Waals surface area contributed by atoms with Crippen molar-refractivity contribution in [2.45, 2.75) is 45.8 Å². The average molecular weight is 284 g/mol. The number of benzene rings is 1. The van der Waals surface area contributed by atoms with Crippen LogP contribution >= 0.6 is 0 Å². The Balaban J connectivity index is 1.67. The zero-order valence-corrected chi connectivity index (χ0v) is 13.1. The van der Waals surface area contributed by atoms with Crippen LogP contribution in [0.5, 0.6) is 0 Å². The molecule has 0 saturated heterocycles. The maximum atomic E-state index is 5.87. The molecule has 1 aliphatic rings. The molecular formula is C18H24N2O. The molecule has 1 saturated carbocycles. The van der Waals surface area contributed by atoms with Crippen LogP contribution in [0.1, 0.15) is 35.5 Å². The minimum atomic E-state index is 0.716. The third-order valence-corrected chi connectivity index (χ3v) is 4.15. The Hall–Kier alpha value is -1.74. The first-order valence-corrected chi connectivity index (χ1v) is 7.72. The van der Waals surface area contributed by atoms with E-state index in [0.29, 0.717) is 6.04 Å². The second-order valence-corrected chi connectivity index (χ2v) is 6.09. The van der Waals surface area contributed by atoms with E-state index in [4.69, 9.17) is 4.42 Å². The van der Waals surface area contributed by atoms with Crippen LogP contribution in [0, 0.1) is 13.8 Å². The number of para-hydroxylation sites is 1. The molecule has 0 unspecified atom stereocenters. The van der Waals surface area contributed by atoms with E-state index in [0.717, 1.165) is 24.6 Å². The van der Waals surface area contributed by atoms with E-state index in [2.05, 4.69) is 61.4 Å². The molecule has 2 aromatic rings. The zero-order chi connectivity index (χ0) is 14.8. The van der Waals surface area contributed by atoms with E-state index in [1.165, 1.54) is 29.7 Å². The van der Waals surface area contributed by atoms with Gasteiger partial charge in [-0.25, -0.2) is 0 Å². The fraction of sp³-hybridized carbons (Fsp3) is 0.444. The Morgan fingerprint density at radius 1 is 1.24 bits per heavy atom. The Bertz CT molecular complexity index is 613. The van der Waals surface area contributed by atoms with E-state index in [1.54, 1.807) is 0 Å². The highest BCUT2D eigenvalue weighted by atomic mass is 16.3. The molecule has 0 radical (unpaired) electrons. The Labute approximate surface area is 127 Å². The largest absolute Gasteiger partial charge is 0.465 e. The van der Waals surface area contributed by atoms with Crippen molar-refractivity contribution in [2.24, 2.45) is 0 Å². The normalized spacial score (nSPS) is 14.4. The highest BCUT2D eigenvalue weighted by Crippen LogP contribution is 2.24. The topological polar surface area (TPSA) is 28.4 Å². The summed E-state index contributed by atoms with van der Waals surface area (Å²) in [5.74, 6) is 2.08. The number of rotatable bonds is 6. The fourth-order valence-corrected chi connectivity index (χ4v) is 2.70. The Morgan fingerprint density at radius 3 is 2.71 bits per heavy atom. The predicted octanol–water partition coefficient (Wildman–Crippen LogP) is 3.78. The standard InChI is InChI=1S/C18H24N2O/c1-13-6-4-5-7-18(13)20(3)12-15-10-17(21-14(15)2)11-19-16-8-9-16/h4-7,10,16,19H,8-9,11-12H2,1-3H3. The molecule has 0 aliphatic heterocycles. The maximum Gasteiger partial charge on any atom is 0.118 e. The van der Waals surface area contributed by atoms with E-state index in [-0.39, 0.29) is 0 Å². The number of anilines is 1. The van der Waals surface area contributed by atoms with Gasteiger partial charge in [-0.15, -0.1) is 0 Å². The molecule has 3 heteroatoms. The van der Waals surface area contributed by atoms with Crippen molar-refractivity contribution in [1.29, 1.82) is 0 Å². The van der Waals surface area contributed by atoms with Gasteiger partial charge >= 0.3 is 0 Å². The van der Waals surface area contributed by atoms with E-state index < -0.39 is 0 Å². The summed E-state index contributed by atoms with van der Waals surface area (Å²) in [4.78, 5) is 2.28. The third-order valence-electron chi connectivity index (χ3n) is 4.15. The molecule has 21 heavy (non-hydrogen) atoms. The molecule has 0 atom stereocenters. The lowest BCUT2D eigenvalue weighted by Gasteiger charge is -2.21. The van der Waals surface area contributed by atoms with Gasteiger partial charge in [-0.3, -0.25) is 0 Å². The summed E-state index contributed by atoms with van der Waals surface area (Å²) in [6.07, 6.45) is 2.62. The first-order valence-electron chi connectivity index (χ1n) is 7.72. The summed E-state index contributed by atoms with van der Waals surface area (Å²) < 4.78 is 5.87. The summed E-state index contributed by atoms with van der Waals surface area (Å²) >= 11 is 0. The maximum absolute atomic E-state index is 5.87. The van der Waals surface area contributed by atoms with E-state index in [1.807, 2.05) is 0 Å². The molecule has 0 bridgehead atoms. The van der Waals surface area contributed by atoms with E-state index >= 15 is 0 Å². The Morgan fingerprint density at radius 2 is 2.00 bits per heavy atom. The molecule has 1 aromatic heterocycles. The minimum Gasteiger partial charge on any atom is -0.465 e. The number of furan rings is 1. The number of hydrogen-bond donors (Lipinski definition) is 1. The lowest BCUT2D eigenvalue weighted by atomic mass is 10.1. The van der Waals surface area contributed by atoms with Crippen LogP contribution in [-0.2, 0) is 13.1 Å². The minimum absolute atomic E-state index is 0.716. The molecule has 1 fully saturated rings. The van der Waals surface area contributed by atoms with Crippen LogP contribution in [0.15, 0.2) is 34.7 Å². The van der Waals surface area contributed by atoms with Gasteiger partial charge < -0.3 is 14.6 Å². The van der Waals surface area contributed by atoms with Crippen LogP contribution in [0.2, 0.25) is 0 Å². The van der Waals surface area contributed by atoms with Crippen LogP contribution in [0.3, 0.4) is 0 Å². The number of nitrogens with zero attached hydrogens (tertiary/aromatic N) is 1. The molecule has 3 nitrogen and oxygen atoms in total. The molecule has 1 aromatic carbocycles. The lowest BCUT2D eigenvalue weighted by molar-refractivity contribution is 0.459. The van der Waals surface area contributed by atoms with Gasteiger partial charge in [0, 0.05) is 30.9 Å². The van der Waals surface area contributed by atoms with Crippen LogP contribution in [0.4, 0.5) is 5.69 Å². The van der Waals surface area contributed by atoms with Crippen molar-refractivity contribution < 1.29 is 4.42 Å². The second kappa shape index (κ2) is 5.94. The van der Waals surface area contributed by atoms with Gasteiger partial charge in [0.15, 0.2) is 0 Å². The molecule has 1 aliphatic carbocycles. The Kier molecular flexibility index (Phi) is 4.02. The molecule has 0 spiro atoms. The highest BCUT2D eigenvalue weighted by molar-refractivity contribution is 5.52. The molecular weight excluding hydrogens is 260 g/mol. The van der Waals surface area contributed by atoms with Crippen molar-refractivity contribution in [1.82, 2.24) is 5.32 Å². The monoisotopic (exact) mass is 284 g/mol. The number of aryl methyl sites for hydroxylation is 2. The van der Waals surface area contributed by atoms with Crippen LogP contribution in [0.25, 0.3) is 0 Å². The van der Waals surface area contributed by atoms with E-state index in [9.17, 15) is 0 Å². The van der Waals surface area contributed by atoms with Crippen molar-refractivity contribution in [3.8, 4) is 0 Å². The first kappa shape index (κ1) is 14.2. The van der Waals surface area contributed by atoms with Crippen molar-refractivity contribution >= 4 is 5.69 Å². The average Bonchev–Trinajstić information content (AvgIpc) is 3.22. The van der Waals surface area contributed by atoms with Crippen molar-refractivity contribution in [3.63, 3.8) is 0 Å². The van der Waals surface area contributed by atoms with Crippen LogP contribution in [-0.4, -0.2) is 13.1 Å². The molecule has 1 heterocycles. The van der Waals surface area contributed by atoms with Gasteiger partial charge in [-0.05, 0) is 44.4 Å². The smallest absolute Gasteiger partial charge is 0.118 e. The number of nitrogens with one attached hydrogen (secondary N) is 1. The van der Waals surface area contributed by atoms with Gasteiger partial charge in [0.05, 0.1) is 6.54 Å². The molecule has 1 N–H and O–H groups in total. The summed E-state index contributed by atoms with van der Waals surface area (Å²) in [7, 11) is 2.14. The summed E-state index contributed by atoms with van der Waals surface area (Å²) in [6.45, 7) is 5.93. The first-order chi connectivity index (χ1) is 10.1. The highest BCUT2D eigenvalue weighted by Gasteiger charge is 2.21. The molecule has 112 valence electrons. The third kappa shape index (κ3) is 3.48. The number of hydrogen-bond acceptors (Lipinski definition) is 3. The molecule has 3 rings (SSSR count). The van der Waals surface area contributed by atoms with Crippen molar-refractivity contribution in [3.05, 3.63) is 53.0 Å². The quantitative estimate of drug-likeness (QED) is 0.875. The summed E-state index contributed by atoms with van der Waals surface area (Å²) in [6, 6.07) is 11.4. The fourth-order valence-electron chi connectivity index (χ4n) is 2.70. The summed E-state index contributed by atoms with van der Waals surface area (Å²) in [5.41, 5.74) is 3.85. The zero-order valence-electron chi connectivity index (χ0n) is 13.1. The second-order valence-electron chi connectivity index (χ2n) is 6.09. The molecule has 0 amide bonds. The lowest BCUT2D eigenvalue weighted by Crippen LogP contribution is -2.17. The van der Waals surface area contributed by atoms with Gasteiger partial charge in [-0.1, -0.05) is 18.2 Å². The van der Waals surface area contributed by atoms with Gasteiger partial charge in [-0.2, -0.15) is 0 Å². The van der Waals surface area contributed by atoms with Gasteiger partial charge in [0.2, 0.25) is 0 Å². The predicted molar refractivity (Wildman–Crippen MR) is 86.6 cm³/mol. The van der Waals surface area contributed by atoms with Crippen molar-refractivity contribution in [2.75, 3.05) is 11.9 Å². The summed E-state index contributed by atoms with van der Waals surface area (Å²) in [5, 5.41) is 3.50. The SMILES string of the molecule is Cc1ccccc1N(C)Cc1cc(CNC2CC2)oc1C. The van der Waals surface area contributed by atoms with Crippen LogP contribution < -0.4 is 10.2 Å². The van der Waals surface area contributed by atoms with Gasteiger partial charge in [0.25, 0.3) is 0 Å². The van der Waals surface area contributed by atoms with Gasteiger partial charge in [0.1, 0.15) is 11.5 Å².